The highest BCUT2D eigenvalue weighted by molar-refractivity contribution is 7.10. The highest BCUT2D eigenvalue weighted by Crippen LogP contribution is 2.45. The minimum Gasteiger partial charge on any atom is -0.406 e. The molecule has 0 spiro atoms. The molecule has 0 bridgehead atoms. The van der Waals surface area contributed by atoms with Crippen molar-refractivity contribution in [2.45, 2.75) is 18.7 Å². The molecular weight excluding hydrogens is 405 g/mol. The first-order valence-electron chi connectivity index (χ1n) is 8.68. The quantitative estimate of drug-likeness (QED) is 0.625. The SMILES string of the molecule is Cn1c2c(sc1=O)[C@H](c1ccccc1)CC(=O)N2c1cccc(OC(F)(F)F)c1. The summed E-state index contributed by atoms with van der Waals surface area (Å²) in [7, 11) is 1.54. The smallest absolute Gasteiger partial charge is 0.406 e. The van der Waals surface area contributed by atoms with Crippen molar-refractivity contribution in [2.75, 3.05) is 4.90 Å². The van der Waals surface area contributed by atoms with Gasteiger partial charge in [0.15, 0.2) is 0 Å². The van der Waals surface area contributed by atoms with E-state index in [9.17, 15) is 22.8 Å². The van der Waals surface area contributed by atoms with Crippen LogP contribution in [0.2, 0.25) is 0 Å². The van der Waals surface area contributed by atoms with Gasteiger partial charge in [-0.3, -0.25) is 19.1 Å². The normalized spacial score (nSPS) is 16.6. The average Bonchev–Trinajstić information content (AvgIpc) is 2.96. The maximum Gasteiger partial charge on any atom is 0.573 e. The molecule has 0 radical (unpaired) electrons. The Kier molecular flexibility index (Phi) is 4.70. The fourth-order valence-electron chi connectivity index (χ4n) is 3.46. The van der Waals surface area contributed by atoms with Gasteiger partial charge in [0.1, 0.15) is 11.6 Å². The molecule has 0 unspecified atom stereocenters. The number of fused-ring (bicyclic) bond motifs is 1. The van der Waals surface area contributed by atoms with Gasteiger partial charge in [0, 0.05) is 25.5 Å². The maximum atomic E-state index is 13.1. The molecule has 0 aliphatic carbocycles. The second-order valence-electron chi connectivity index (χ2n) is 6.56. The molecule has 0 N–H and O–H groups in total. The molecule has 1 aliphatic heterocycles. The van der Waals surface area contributed by atoms with Crippen LogP contribution in [0.4, 0.5) is 24.7 Å². The number of thiazole rings is 1. The Labute approximate surface area is 167 Å². The van der Waals surface area contributed by atoms with Crippen molar-refractivity contribution in [2.24, 2.45) is 7.05 Å². The van der Waals surface area contributed by atoms with Crippen molar-refractivity contribution >= 4 is 28.7 Å². The fraction of sp³-hybridized carbons (Fsp3) is 0.200. The number of alkyl halides is 3. The van der Waals surface area contributed by atoms with Crippen LogP contribution in [0.5, 0.6) is 5.75 Å². The molecule has 3 aromatic rings. The number of aromatic nitrogens is 1. The zero-order valence-electron chi connectivity index (χ0n) is 15.1. The van der Waals surface area contributed by atoms with Crippen LogP contribution in [0.3, 0.4) is 0 Å². The molecule has 150 valence electrons. The number of anilines is 2. The lowest BCUT2D eigenvalue weighted by atomic mass is 9.90. The van der Waals surface area contributed by atoms with E-state index in [1.807, 2.05) is 30.3 Å². The first-order chi connectivity index (χ1) is 13.7. The summed E-state index contributed by atoms with van der Waals surface area (Å²) in [6.07, 6.45) is -4.75. The summed E-state index contributed by atoms with van der Waals surface area (Å²) in [4.78, 5) is 27.2. The van der Waals surface area contributed by atoms with Crippen LogP contribution in [0.15, 0.2) is 59.4 Å². The zero-order valence-corrected chi connectivity index (χ0v) is 16.0. The molecule has 1 aliphatic rings. The second kappa shape index (κ2) is 7.07. The van der Waals surface area contributed by atoms with Gasteiger partial charge in [-0.25, -0.2) is 0 Å². The molecule has 9 heteroatoms. The number of hydrogen-bond acceptors (Lipinski definition) is 4. The summed E-state index contributed by atoms with van der Waals surface area (Å²) in [5, 5.41) is 0. The second-order valence-corrected chi connectivity index (χ2v) is 7.55. The lowest BCUT2D eigenvalue weighted by Crippen LogP contribution is -2.34. The average molecular weight is 420 g/mol. The number of carbonyl (C=O) groups is 1. The van der Waals surface area contributed by atoms with E-state index in [0.717, 1.165) is 29.0 Å². The van der Waals surface area contributed by atoms with Crippen molar-refractivity contribution in [1.82, 2.24) is 4.57 Å². The monoisotopic (exact) mass is 420 g/mol. The highest BCUT2D eigenvalue weighted by Gasteiger charge is 2.38. The Morgan fingerprint density at radius 2 is 1.79 bits per heavy atom. The first kappa shape index (κ1) is 19.3. The van der Waals surface area contributed by atoms with Gasteiger partial charge in [0.05, 0.1) is 10.6 Å². The minimum atomic E-state index is -4.84. The summed E-state index contributed by atoms with van der Waals surface area (Å²) in [5.41, 5.74) is 1.11. The van der Waals surface area contributed by atoms with Crippen LogP contribution in [-0.2, 0) is 11.8 Å². The van der Waals surface area contributed by atoms with Crippen LogP contribution >= 0.6 is 11.3 Å². The fourth-order valence-corrected chi connectivity index (χ4v) is 4.56. The highest BCUT2D eigenvalue weighted by atomic mass is 32.1. The number of rotatable bonds is 3. The molecule has 29 heavy (non-hydrogen) atoms. The molecule has 4 rings (SSSR count). The Balaban J connectivity index is 1.82. The number of carbonyl (C=O) groups excluding carboxylic acids is 1. The number of benzene rings is 2. The molecule has 1 amide bonds. The zero-order chi connectivity index (χ0) is 20.8. The van der Waals surface area contributed by atoms with E-state index < -0.39 is 12.1 Å². The minimum absolute atomic E-state index is 0.0985. The Bertz CT molecular complexity index is 1120. The van der Waals surface area contributed by atoms with Crippen LogP contribution in [0, 0.1) is 0 Å². The van der Waals surface area contributed by atoms with Crippen molar-refractivity contribution in [3.63, 3.8) is 0 Å². The Morgan fingerprint density at radius 1 is 1.07 bits per heavy atom. The molecule has 0 saturated carbocycles. The topological polar surface area (TPSA) is 51.5 Å². The molecule has 1 aromatic heterocycles. The number of hydrogen-bond donors (Lipinski definition) is 0. The van der Waals surface area contributed by atoms with Gasteiger partial charge >= 0.3 is 11.2 Å². The third kappa shape index (κ3) is 3.65. The van der Waals surface area contributed by atoms with E-state index >= 15 is 0 Å². The molecule has 5 nitrogen and oxygen atoms in total. The van der Waals surface area contributed by atoms with E-state index in [0.29, 0.717) is 10.7 Å². The molecule has 0 saturated heterocycles. The largest absolute Gasteiger partial charge is 0.573 e. The predicted octanol–water partition coefficient (Wildman–Crippen LogP) is 4.55. The van der Waals surface area contributed by atoms with E-state index in [-0.39, 0.29) is 28.8 Å². The number of ether oxygens (including phenoxy) is 1. The van der Waals surface area contributed by atoms with Gasteiger partial charge in [0.25, 0.3) is 0 Å². The molecule has 1 atom stereocenters. The summed E-state index contributed by atoms with van der Waals surface area (Å²) >= 11 is 1.04. The Morgan fingerprint density at radius 3 is 2.48 bits per heavy atom. The van der Waals surface area contributed by atoms with Gasteiger partial charge in [-0.05, 0) is 17.7 Å². The van der Waals surface area contributed by atoms with E-state index in [1.165, 1.54) is 21.6 Å². The van der Waals surface area contributed by atoms with E-state index in [1.54, 1.807) is 7.05 Å². The molecule has 0 fully saturated rings. The van der Waals surface area contributed by atoms with Gasteiger partial charge in [-0.2, -0.15) is 0 Å². The first-order valence-corrected chi connectivity index (χ1v) is 9.49. The van der Waals surface area contributed by atoms with Crippen molar-refractivity contribution in [3.05, 3.63) is 74.7 Å². The van der Waals surface area contributed by atoms with Crippen LogP contribution < -0.4 is 14.5 Å². The van der Waals surface area contributed by atoms with Crippen molar-refractivity contribution in [1.29, 1.82) is 0 Å². The lowest BCUT2D eigenvalue weighted by Gasteiger charge is -2.32. The van der Waals surface area contributed by atoms with Crippen molar-refractivity contribution in [3.8, 4) is 5.75 Å². The third-order valence-electron chi connectivity index (χ3n) is 4.68. The van der Waals surface area contributed by atoms with Gasteiger partial charge in [-0.15, -0.1) is 13.2 Å². The van der Waals surface area contributed by atoms with Crippen LogP contribution in [0.25, 0.3) is 0 Å². The predicted molar refractivity (Wildman–Crippen MR) is 103 cm³/mol. The van der Waals surface area contributed by atoms with Crippen LogP contribution in [-0.4, -0.2) is 16.8 Å². The number of halogens is 3. The molecule has 2 heterocycles. The van der Waals surface area contributed by atoms with E-state index in [4.69, 9.17) is 0 Å². The van der Waals surface area contributed by atoms with Gasteiger partial charge < -0.3 is 4.74 Å². The van der Waals surface area contributed by atoms with Gasteiger partial charge in [0.2, 0.25) is 5.91 Å². The lowest BCUT2D eigenvalue weighted by molar-refractivity contribution is -0.274. The summed E-state index contributed by atoms with van der Waals surface area (Å²) in [6, 6.07) is 14.5. The van der Waals surface area contributed by atoms with Crippen LogP contribution in [0.1, 0.15) is 22.8 Å². The van der Waals surface area contributed by atoms with Gasteiger partial charge in [-0.1, -0.05) is 47.7 Å². The number of nitrogens with zero attached hydrogens (tertiary/aromatic N) is 2. The Hall–Kier alpha value is -3.07. The summed E-state index contributed by atoms with van der Waals surface area (Å²) < 4.78 is 43.1. The standard InChI is InChI=1S/C20H15F3N2O3S/c1-24-18-17(29-19(24)27)15(12-6-3-2-4-7-12)11-16(26)25(18)13-8-5-9-14(10-13)28-20(21,22)23/h2-10,15H,11H2,1H3/t15-/m0/s1. The van der Waals surface area contributed by atoms with Crippen molar-refractivity contribution < 1.29 is 22.7 Å². The molecular formula is C20H15F3N2O3S. The maximum absolute atomic E-state index is 13.1. The molecule has 2 aromatic carbocycles. The van der Waals surface area contributed by atoms with E-state index in [2.05, 4.69) is 4.74 Å². The summed E-state index contributed by atoms with van der Waals surface area (Å²) in [6.45, 7) is 0. The third-order valence-corrected chi connectivity index (χ3v) is 5.81. The number of amides is 1. The summed E-state index contributed by atoms with van der Waals surface area (Å²) in [5.74, 6) is -0.670.